The topological polar surface area (TPSA) is 53.5 Å². The zero-order valence-electron chi connectivity index (χ0n) is 16.8. The Balaban J connectivity index is 1.73. The first-order valence-electron chi connectivity index (χ1n) is 9.99. The minimum atomic E-state index is -3.47. The van der Waals surface area contributed by atoms with E-state index in [1.807, 2.05) is 26.0 Å². The highest BCUT2D eigenvalue weighted by Gasteiger charge is 2.33. The van der Waals surface area contributed by atoms with Crippen LogP contribution >= 0.6 is 0 Å². The number of rotatable bonds is 7. The van der Waals surface area contributed by atoms with Crippen LogP contribution in [-0.4, -0.2) is 48.2 Å². The number of hydrogen-bond acceptors (Lipinski definition) is 3. The summed E-state index contributed by atoms with van der Waals surface area (Å²) in [6.07, 6.45) is 3.38. The molecule has 0 saturated carbocycles. The van der Waals surface area contributed by atoms with Gasteiger partial charge < -0.3 is 0 Å². The van der Waals surface area contributed by atoms with Gasteiger partial charge in [0.15, 0.2) is 0 Å². The first-order chi connectivity index (χ1) is 13.9. The Hall–Kier alpha value is -1.90. The average molecular weight is 424 g/mol. The van der Waals surface area contributed by atoms with Gasteiger partial charge in [-0.3, -0.25) is 4.98 Å². The molecule has 5 nitrogen and oxygen atoms in total. The van der Waals surface area contributed by atoms with Gasteiger partial charge >= 0.3 is 0 Å². The zero-order valence-corrected chi connectivity index (χ0v) is 17.6. The molecule has 2 aromatic rings. The molecule has 158 valence electrons. The van der Waals surface area contributed by atoms with Crippen LogP contribution in [0.1, 0.15) is 49.4 Å². The van der Waals surface area contributed by atoms with Crippen molar-refractivity contribution in [1.82, 2.24) is 13.6 Å². The summed E-state index contributed by atoms with van der Waals surface area (Å²) < 4.78 is 56.3. The Morgan fingerprint density at radius 1 is 1.14 bits per heavy atom. The third-order valence-electron chi connectivity index (χ3n) is 5.45. The lowest BCUT2D eigenvalue weighted by molar-refractivity contribution is 0.285. The van der Waals surface area contributed by atoms with Crippen LogP contribution in [0, 0.1) is 11.6 Å². The highest BCUT2D eigenvalue weighted by molar-refractivity contribution is 7.86. The van der Waals surface area contributed by atoms with Gasteiger partial charge in [0.25, 0.3) is 10.2 Å². The highest BCUT2D eigenvalue weighted by Crippen LogP contribution is 2.28. The summed E-state index contributed by atoms with van der Waals surface area (Å²) in [5.41, 5.74) is 1.54. The normalized spacial score (nSPS) is 18.3. The van der Waals surface area contributed by atoms with Crippen molar-refractivity contribution in [3.05, 3.63) is 65.0 Å². The Kier molecular flexibility index (Phi) is 6.97. The molecule has 0 radical (unpaired) electrons. The van der Waals surface area contributed by atoms with Gasteiger partial charge in [-0.2, -0.15) is 17.0 Å². The number of nitrogens with zero attached hydrogens (tertiary/aromatic N) is 3. The zero-order chi connectivity index (χ0) is 21.0. The summed E-state index contributed by atoms with van der Waals surface area (Å²) >= 11 is 0. The summed E-state index contributed by atoms with van der Waals surface area (Å²) in [6.45, 7) is 5.47. The Bertz CT molecular complexity index is 911. The minimum Gasteiger partial charge on any atom is -0.261 e. The molecule has 0 amide bonds. The summed E-state index contributed by atoms with van der Waals surface area (Å²) in [4.78, 5) is 4.48. The molecule has 1 saturated heterocycles. The van der Waals surface area contributed by atoms with Crippen LogP contribution in [0.2, 0.25) is 0 Å². The van der Waals surface area contributed by atoms with Crippen LogP contribution in [0.3, 0.4) is 0 Å². The van der Waals surface area contributed by atoms with E-state index in [0.717, 1.165) is 18.5 Å². The predicted octanol–water partition coefficient (Wildman–Crippen LogP) is 3.72. The fraction of sp³-hybridized carbons (Fsp3) is 0.476. The number of benzene rings is 1. The van der Waals surface area contributed by atoms with Gasteiger partial charge in [-0.25, -0.2) is 8.78 Å². The van der Waals surface area contributed by atoms with Gasteiger partial charge in [0, 0.05) is 56.0 Å². The quantitative estimate of drug-likeness (QED) is 0.682. The Morgan fingerprint density at radius 2 is 1.83 bits per heavy atom. The number of pyridine rings is 1. The van der Waals surface area contributed by atoms with E-state index in [2.05, 4.69) is 4.98 Å². The van der Waals surface area contributed by atoms with Crippen molar-refractivity contribution >= 4 is 10.2 Å². The monoisotopic (exact) mass is 423 g/mol. The summed E-state index contributed by atoms with van der Waals surface area (Å²) in [5, 5.41) is 0. The molecule has 1 aromatic carbocycles. The van der Waals surface area contributed by atoms with E-state index in [1.165, 1.54) is 22.5 Å². The molecule has 0 spiro atoms. The van der Waals surface area contributed by atoms with E-state index in [-0.39, 0.29) is 17.9 Å². The largest absolute Gasteiger partial charge is 0.281 e. The number of aromatic nitrogens is 1. The van der Waals surface area contributed by atoms with E-state index in [9.17, 15) is 17.2 Å². The molecular formula is C21H27F2N3O2S. The van der Waals surface area contributed by atoms with Crippen molar-refractivity contribution in [3.63, 3.8) is 0 Å². The SMILES string of the molecule is CCN(CC)S(=O)(=O)N1CCC[C@H](c2ccc(Cc3c(F)cccc3F)cn2)C1. The van der Waals surface area contributed by atoms with Gasteiger partial charge in [0.05, 0.1) is 0 Å². The Labute approximate surface area is 171 Å². The third-order valence-corrected chi connectivity index (χ3v) is 7.60. The molecule has 1 atom stereocenters. The number of halogens is 2. The van der Waals surface area contributed by atoms with Crippen LogP contribution in [0.4, 0.5) is 8.78 Å². The molecule has 0 aliphatic carbocycles. The lowest BCUT2D eigenvalue weighted by Crippen LogP contribution is -2.47. The second-order valence-corrected chi connectivity index (χ2v) is 9.19. The van der Waals surface area contributed by atoms with Gasteiger partial charge in [-0.15, -0.1) is 0 Å². The van der Waals surface area contributed by atoms with Crippen molar-refractivity contribution in [2.24, 2.45) is 0 Å². The molecule has 1 aromatic heterocycles. The lowest BCUT2D eigenvalue weighted by Gasteiger charge is -2.34. The maximum atomic E-state index is 13.9. The molecule has 0 N–H and O–H groups in total. The molecule has 0 unspecified atom stereocenters. The minimum absolute atomic E-state index is 0.00772. The smallest absolute Gasteiger partial charge is 0.261 e. The van der Waals surface area contributed by atoms with Crippen LogP contribution in [0.5, 0.6) is 0 Å². The molecule has 0 bridgehead atoms. The molecule has 8 heteroatoms. The Morgan fingerprint density at radius 3 is 2.41 bits per heavy atom. The van der Waals surface area contributed by atoms with Gasteiger partial charge in [0.2, 0.25) is 0 Å². The predicted molar refractivity (Wildman–Crippen MR) is 109 cm³/mol. The van der Waals surface area contributed by atoms with E-state index in [0.29, 0.717) is 31.7 Å². The summed E-state index contributed by atoms with van der Waals surface area (Å²) in [5.74, 6) is -1.13. The first-order valence-corrected chi connectivity index (χ1v) is 11.4. The molecule has 1 aliphatic heterocycles. The second kappa shape index (κ2) is 9.28. The van der Waals surface area contributed by atoms with Gasteiger partial charge in [0.1, 0.15) is 11.6 Å². The highest BCUT2D eigenvalue weighted by atomic mass is 32.2. The maximum absolute atomic E-state index is 13.9. The molecule has 2 heterocycles. The summed E-state index contributed by atoms with van der Waals surface area (Å²) in [6, 6.07) is 7.48. The molecule has 29 heavy (non-hydrogen) atoms. The third kappa shape index (κ3) is 4.82. The molecule has 1 aliphatic rings. The molecule has 1 fully saturated rings. The first kappa shape index (κ1) is 21.8. The molecule has 3 rings (SSSR count). The van der Waals surface area contributed by atoms with Crippen molar-refractivity contribution in [3.8, 4) is 0 Å². The lowest BCUT2D eigenvalue weighted by atomic mass is 9.95. The second-order valence-electron chi connectivity index (χ2n) is 7.26. The number of hydrogen-bond donors (Lipinski definition) is 0. The van der Waals surface area contributed by atoms with E-state index in [1.54, 1.807) is 10.5 Å². The van der Waals surface area contributed by atoms with Gasteiger partial charge in [-0.05, 0) is 36.6 Å². The van der Waals surface area contributed by atoms with Crippen LogP contribution < -0.4 is 0 Å². The van der Waals surface area contributed by atoms with Crippen molar-refractivity contribution in [1.29, 1.82) is 0 Å². The standard InChI is InChI=1S/C21H27F2N3O2S/c1-3-25(4-2)29(27,28)26-12-6-7-17(15-26)21-11-10-16(14-24-21)13-18-19(22)8-5-9-20(18)23/h5,8-11,14,17H,3-4,6-7,12-13,15H2,1-2H3/t17-/m0/s1. The van der Waals surface area contributed by atoms with E-state index < -0.39 is 21.8 Å². The van der Waals surface area contributed by atoms with Crippen LogP contribution in [0.15, 0.2) is 36.5 Å². The van der Waals surface area contributed by atoms with Gasteiger partial charge in [-0.1, -0.05) is 26.0 Å². The van der Waals surface area contributed by atoms with Crippen LogP contribution in [-0.2, 0) is 16.6 Å². The maximum Gasteiger partial charge on any atom is 0.281 e. The average Bonchev–Trinajstić information content (AvgIpc) is 2.72. The van der Waals surface area contributed by atoms with Crippen molar-refractivity contribution in [2.45, 2.75) is 39.0 Å². The fourth-order valence-corrected chi connectivity index (χ4v) is 5.50. The molecular weight excluding hydrogens is 396 g/mol. The number of piperidine rings is 1. The van der Waals surface area contributed by atoms with E-state index >= 15 is 0 Å². The summed E-state index contributed by atoms with van der Waals surface area (Å²) in [7, 11) is -3.47. The van der Waals surface area contributed by atoms with Crippen LogP contribution in [0.25, 0.3) is 0 Å². The fourth-order valence-electron chi connectivity index (χ4n) is 3.79. The van der Waals surface area contributed by atoms with E-state index in [4.69, 9.17) is 0 Å². The van der Waals surface area contributed by atoms with Crippen molar-refractivity contribution < 1.29 is 17.2 Å². The van der Waals surface area contributed by atoms with Crippen molar-refractivity contribution in [2.75, 3.05) is 26.2 Å².